The van der Waals surface area contributed by atoms with Crippen LogP contribution < -0.4 is 5.32 Å². The lowest BCUT2D eigenvalue weighted by Gasteiger charge is -2.33. The molecular weight excluding hydrogens is 280 g/mol. The first kappa shape index (κ1) is 17.4. The van der Waals surface area contributed by atoms with Gasteiger partial charge in [0.1, 0.15) is 0 Å². The number of nitrogens with one attached hydrogen (secondary N) is 1. The number of β-amino-alcohol motifs (C(OH)–C–C–N with tert-alkyl or cyclic N) is 1. The van der Waals surface area contributed by atoms with Gasteiger partial charge in [-0.25, -0.2) is 0 Å². The van der Waals surface area contributed by atoms with Crippen molar-refractivity contribution in [2.45, 2.75) is 58.6 Å². The van der Waals surface area contributed by atoms with E-state index in [-0.39, 0.29) is 12.1 Å². The van der Waals surface area contributed by atoms with Gasteiger partial charge in [-0.2, -0.15) is 4.98 Å². The molecule has 0 aliphatic carbocycles. The quantitative estimate of drug-likeness (QED) is 0.762. The summed E-state index contributed by atoms with van der Waals surface area (Å²) < 4.78 is 5.32. The Kier molecular flexibility index (Phi) is 6.79. The number of piperidine rings is 1. The van der Waals surface area contributed by atoms with Crippen LogP contribution in [0.5, 0.6) is 0 Å². The van der Waals surface area contributed by atoms with Gasteiger partial charge >= 0.3 is 0 Å². The number of aryl methyl sites for hydroxylation is 1. The molecule has 0 unspecified atom stereocenters. The number of likely N-dealkylation sites (tertiary alicyclic amines) is 1. The summed E-state index contributed by atoms with van der Waals surface area (Å²) in [5.41, 5.74) is 0. The third kappa shape index (κ3) is 5.34. The third-order valence-electron chi connectivity index (χ3n) is 4.27. The fourth-order valence-corrected chi connectivity index (χ4v) is 2.95. The molecule has 1 aromatic heterocycles. The van der Waals surface area contributed by atoms with Crippen molar-refractivity contribution in [2.24, 2.45) is 5.92 Å². The van der Waals surface area contributed by atoms with E-state index in [0.717, 1.165) is 44.8 Å². The maximum Gasteiger partial charge on any atom is 0.243 e. The Hall–Kier alpha value is -0.980. The molecular formula is C16H30N4O2. The monoisotopic (exact) mass is 310 g/mol. The highest BCUT2D eigenvalue weighted by Crippen LogP contribution is 2.18. The Morgan fingerprint density at radius 1 is 1.36 bits per heavy atom. The van der Waals surface area contributed by atoms with E-state index in [9.17, 15) is 5.11 Å². The zero-order chi connectivity index (χ0) is 15.9. The van der Waals surface area contributed by atoms with Gasteiger partial charge in [-0.1, -0.05) is 12.1 Å². The van der Waals surface area contributed by atoms with Crippen LogP contribution in [0.3, 0.4) is 0 Å². The number of nitrogens with zero attached hydrogens (tertiary/aromatic N) is 3. The maximum absolute atomic E-state index is 9.44. The van der Waals surface area contributed by atoms with Gasteiger partial charge < -0.3 is 19.8 Å². The van der Waals surface area contributed by atoms with E-state index in [2.05, 4.69) is 34.2 Å². The molecule has 1 aliphatic heterocycles. The summed E-state index contributed by atoms with van der Waals surface area (Å²) in [5.74, 6) is 2.18. The van der Waals surface area contributed by atoms with Crippen LogP contribution in [0.1, 0.15) is 57.8 Å². The largest absolute Gasteiger partial charge is 0.392 e. The predicted octanol–water partition coefficient (Wildman–Crippen LogP) is 1.77. The number of hydrogen-bond donors (Lipinski definition) is 2. The Morgan fingerprint density at radius 2 is 2.09 bits per heavy atom. The molecule has 0 aromatic carbocycles. The van der Waals surface area contributed by atoms with E-state index in [0.29, 0.717) is 11.8 Å². The van der Waals surface area contributed by atoms with Gasteiger partial charge in [0.25, 0.3) is 0 Å². The number of aromatic nitrogens is 2. The SMILES string of the molecule is CCCc1noc([C@H](C)NCC2CCN(C[C@H](C)O)CC2)n1. The van der Waals surface area contributed by atoms with Gasteiger partial charge in [-0.3, -0.25) is 0 Å². The first-order valence-electron chi connectivity index (χ1n) is 8.54. The fourth-order valence-electron chi connectivity index (χ4n) is 2.95. The second kappa shape index (κ2) is 8.60. The van der Waals surface area contributed by atoms with E-state index < -0.39 is 0 Å². The van der Waals surface area contributed by atoms with Gasteiger partial charge in [0.2, 0.25) is 5.89 Å². The summed E-state index contributed by atoms with van der Waals surface area (Å²) in [6.45, 7) is 9.97. The normalized spacial score (nSPS) is 20.2. The summed E-state index contributed by atoms with van der Waals surface area (Å²) in [6, 6.07) is 0.105. The first-order valence-corrected chi connectivity index (χ1v) is 8.54. The lowest BCUT2D eigenvalue weighted by atomic mass is 9.96. The highest BCUT2D eigenvalue weighted by molar-refractivity contribution is 4.91. The van der Waals surface area contributed by atoms with Crippen LogP contribution >= 0.6 is 0 Å². The molecule has 6 nitrogen and oxygen atoms in total. The molecule has 0 saturated carbocycles. The molecule has 6 heteroatoms. The molecule has 2 heterocycles. The summed E-state index contributed by atoms with van der Waals surface area (Å²) >= 11 is 0. The molecule has 1 fully saturated rings. The van der Waals surface area contributed by atoms with Crippen LogP contribution in [-0.2, 0) is 6.42 Å². The molecule has 0 radical (unpaired) electrons. The minimum atomic E-state index is -0.232. The molecule has 1 aliphatic rings. The van der Waals surface area contributed by atoms with Gasteiger partial charge in [0.15, 0.2) is 5.82 Å². The predicted molar refractivity (Wildman–Crippen MR) is 85.6 cm³/mol. The van der Waals surface area contributed by atoms with Crippen molar-refractivity contribution in [1.82, 2.24) is 20.4 Å². The van der Waals surface area contributed by atoms with E-state index in [1.807, 2.05) is 6.92 Å². The van der Waals surface area contributed by atoms with Crippen LogP contribution in [0.2, 0.25) is 0 Å². The van der Waals surface area contributed by atoms with Crippen molar-refractivity contribution < 1.29 is 9.63 Å². The number of rotatable bonds is 8. The smallest absolute Gasteiger partial charge is 0.243 e. The highest BCUT2D eigenvalue weighted by atomic mass is 16.5. The lowest BCUT2D eigenvalue weighted by Crippen LogP contribution is -2.40. The average molecular weight is 310 g/mol. The van der Waals surface area contributed by atoms with E-state index >= 15 is 0 Å². The number of aliphatic hydroxyl groups excluding tert-OH is 1. The van der Waals surface area contributed by atoms with Gasteiger partial charge in [0, 0.05) is 13.0 Å². The molecule has 1 saturated heterocycles. The van der Waals surface area contributed by atoms with Crippen LogP contribution in [-0.4, -0.2) is 52.4 Å². The Balaban J connectivity index is 1.69. The fraction of sp³-hybridized carbons (Fsp3) is 0.875. The molecule has 2 rings (SSSR count). The molecule has 2 atom stereocenters. The molecule has 22 heavy (non-hydrogen) atoms. The average Bonchev–Trinajstić information content (AvgIpc) is 2.95. The summed E-state index contributed by atoms with van der Waals surface area (Å²) in [6.07, 6.45) is 4.03. The molecule has 126 valence electrons. The van der Waals surface area contributed by atoms with E-state index in [1.165, 1.54) is 12.8 Å². The van der Waals surface area contributed by atoms with Crippen molar-refractivity contribution in [3.05, 3.63) is 11.7 Å². The van der Waals surface area contributed by atoms with Crippen molar-refractivity contribution in [2.75, 3.05) is 26.2 Å². The van der Waals surface area contributed by atoms with Crippen LogP contribution in [0.25, 0.3) is 0 Å². The third-order valence-corrected chi connectivity index (χ3v) is 4.27. The van der Waals surface area contributed by atoms with Gasteiger partial charge in [-0.05, 0) is 58.7 Å². The van der Waals surface area contributed by atoms with Crippen molar-refractivity contribution in [3.8, 4) is 0 Å². The van der Waals surface area contributed by atoms with E-state index in [4.69, 9.17) is 4.52 Å². The summed E-state index contributed by atoms with van der Waals surface area (Å²) in [5, 5.41) is 17.0. The number of hydrogen-bond acceptors (Lipinski definition) is 6. The van der Waals surface area contributed by atoms with Gasteiger partial charge in [-0.15, -0.1) is 0 Å². The zero-order valence-electron chi connectivity index (χ0n) is 14.1. The Morgan fingerprint density at radius 3 is 2.73 bits per heavy atom. The Labute approximate surface area is 133 Å². The van der Waals surface area contributed by atoms with Crippen molar-refractivity contribution in [3.63, 3.8) is 0 Å². The molecule has 0 spiro atoms. The van der Waals surface area contributed by atoms with Crippen LogP contribution in [0.15, 0.2) is 4.52 Å². The Bertz CT molecular complexity index is 428. The molecule has 1 aromatic rings. The summed E-state index contributed by atoms with van der Waals surface area (Å²) in [4.78, 5) is 6.78. The standard InChI is InChI=1S/C16H30N4O2/c1-4-5-15-18-16(22-19-15)13(3)17-10-14-6-8-20(9-7-14)11-12(2)21/h12-14,17,21H,4-11H2,1-3H3/t12-,13-/m0/s1. The topological polar surface area (TPSA) is 74.4 Å². The van der Waals surface area contributed by atoms with Crippen LogP contribution in [0, 0.1) is 5.92 Å². The van der Waals surface area contributed by atoms with Crippen molar-refractivity contribution in [1.29, 1.82) is 0 Å². The molecule has 2 N–H and O–H groups in total. The molecule has 0 amide bonds. The number of aliphatic hydroxyl groups is 1. The van der Waals surface area contributed by atoms with Crippen LogP contribution in [0.4, 0.5) is 0 Å². The van der Waals surface area contributed by atoms with E-state index in [1.54, 1.807) is 0 Å². The molecule has 0 bridgehead atoms. The lowest BCUT2D eigenvalue weighted by molar-refractivity contribution is 0.0991. The minimum absolute atomic E-state index is 0.105. The second-order valence-corrected chi connectivity index (χ2v) is 6.52. The maximum atomic E-state index is 9.44. The van der Waals surface area contributed by atoms with Crippen molar-refractivity contribution >= 4 is 0 Å². The second-order valence-electron chi connectivity index (χ2n) is 6.52. The highest BCUT2D eigenvalue weighted by Gasteiger charge is 2.21. The van der Waals surface area contributed by atoms with Gasteiger partial charge in [0.05, 0.1) is 12.1 Å². The summed E-state index contributed by atoms with van der Waals surface area (Å²) in [7, 11) is 0. The first-order chi connectivity index (χ1) is 10.6. The minimum Gasteiger partial charge on any atom is -0.392 e. The zero-order valence-corrected chi connectivity index (χ0v) is 14.1.